The molecular formula is C16H21NO3. The number of aryl methyl sites for hydroxylation is 1. The predicted molar refractivity (Wildman–Crippen MR) is 78.6 cm³/mol. The van der Waals surface area contributed by atoms with Gasteiger partial charge in [0, 0.05) is 25.8 Å². The summed E-state index contributed by atoms with van der Waals surface area (Å²) in [5.74, 6) is 5.36. The Balaban J connectivity index is 3.08. The van der Waals surface area contributed by atoms with Gasteiger partial charge in [0.15, 0.2) is 0 Å². The van der Waals surface area contributed by atoms with Crippen molar-refractivity contribution in [1.82, 2.24) is 4.90 Å². The first kappa shape index (κ1) is 16.2. The SMILES string of the molecule is CCN(CCOC)C(=O)c1cc(C)ccc1C#CCO. The molecule has 108 valence electrons. The number of nitrogens with zero attached hydrogens (tertiary/aromatic N) is 1. The molecule has 0 atom stereocenters. The Morgan fingerprint density at radius 2 is 2.20 bits per heavy atom. The van der Waals surface area contributed by atoms with Gasteiger partial charge in [-0.2, -0.15) is 0 Å². The van der Waals surface area contributed by atoms with E-state index < -0.39 is 0 Å². The zero-order chi connectivity index (χ0) is 15.0. The molecule has 4 nitrogen and oxygen atoms in total. The molecule has 1 aromatic carbocycles. The third-order valence-corrected chi connectivity index (χ3v) is 2.94. The minimum Gasteiger partial charge on any atom is -0.384 e. The number of aliphatic hydroxyl groups excluding tert-OH is 1. The van der Waals surface area contributed by atoms with Crippen LogP contribution in [0.1, 0.15) is 28.4 Å². The Morgan fingerprint density at radius 3 is 2.80 bits per heavy atom. The van der Waals surface area contributed by atoms with Crippen molar-refractivity contribution in [2.24, 2.45) is 0 Å². The second kappa shape index (κ2) is 8.36. The van der Waals surface area contributed by atoms with Gasteiger partial charge in [-0.3, -0.25) is 4.79 Å². The number of likely N-dealkylation sites (N-methyl/N-ethyl adjacent to an activating group) is 1. The van der Waals surface area contributed by atoms with Crippen LogP contribution in [-0.2, 0) is 4.74 Å². The molecule has 0 radical (unpaired) electrons. The van der Waals surface area contributed by atoms with Crippen LogP contribution in [-0.4, -0.2) is 49.3 Å². The van der Waals surface area contributed by atoms with Crippen molar-refractivity contribution in [2.75, 3.05) is 33.4 Å². The molecule has 0 aliphatic carbocycles. The summed E-state index contributed by atoms with van der Waals surface area (Å²) >= 11 is 0. The van der Waals surface area contributed by atoms with Crippen molar-refractivity contribution in [2.45, 2.75) is 13.8 Å². The maximum atomic E-state index is 12.6. The Morgan fingerprint density at radius 1 is 1.45 bits per heavy atom. The standard InChI is InChI=1S/C16H21NO3/c1-4-17(9-11-20-3)16(19)15-12-13(2)7-8-14(15)6-5-10-18/h7-8,12,18H,4,9-11H2,1-3H3. The Bertz CT molecular complexity index is 514. The van der Waals surface area contributed by atoms with Crippen LogP contribution in [0.2, 0.25) is 0 Å². The zero-order valence-corrected chi connectivity index (χ0v) is 12.3. The van der Waals surface area contributed by atoms with Crippen LogP contribution in [0.25, 0.3) is 0 Å². The molecule has 4 heteroatoms. The molecule has 0 saturated carbocycles. The Hall–Kier alpha value is -1.83. The second-order valence-corrected chi connectivity index (χ2v) is 4.39. The molecule has 0 bridgehead atoms. The molecule has 0 heterocycles. The summed E-state index contributed by atoms with van der Waals surface area (Å²) < 4.78 is 5.02. The molecule has 0 spiro atoms. The minimum atomic E-state index is -0.220. The van der Waals surface area contributed by atoms with E-state index in [4.69, 9.17) is 9.84 Å². The van der Waals surface area contributed by atoms with Crippen LogP contribution in [0.4, 0.5) is 0 Å². The zero-order valence-electron chi connectivity index (χ0n) is 12.3. The van der Waals surface area contributed by atoms with E-state index in [0.29, 0.717) is 30.8 Å². The van der Waals surface area contributed by atoms with Gasteiger partial charge in [0.1, 0.15) is 6.61 Å². The van der Waals surface area contributed by atoms with Crippen LogP contribution in [0.15, 0.2) is 18.2 Å². The predicted octanol–water partition coefficient (Wildman–Crippen LogP) is 1.45. The van der Waals surface area contributed by atoms with E-state index >= 15 is 0 Å². The second-order valence-electron chi connectivity index (χ2n) is 4.39. The average molecular weight is 275 g/mol. The van der Waals surface area contributed by atoms with Crippen molar-refractivity contribution in [3.8, 4) is 11.8 Å². The number of hydrogen-bond acceptors (Lipinski definition) is 3. The van der Waals surface area contributed by atoms with E-state index in [1.54, 1.807) is 12.0 Å². The molecule has 1 rings (SSSR count). The number of rotatable bonds is 5. The number of carbonyl (C=O) groups excluding carboxylic acids is 1. The lowest BCUT2D eigenvalue weighted by molar-refractivity contribution is 0.0706. The number of benzene rings is 1. The Kier molecular flexibility index (Phi) is 6.78. The minimum absolute atomic E-state index is 0.0597. The van der Waals surface area contributed by atoms with Crippen molar-refractivity contribution in [1.29, 1.82) is 0 Å². The topological polar surface area (TPSA) is 49.8 Å². The summed E-state index contributed by atoms with van der Waals surface area (Å²) in [6.45, 7) is 5.31. The number of amides is 1. The summed E-state index contributed by atoms with van der Waals surface area (Å²) in [7, 11) is 1.61. The number of ether oxygens (including phenoxy) is 1. The smallest absolute Gasteiger partial charge is 0.255 e. The molecule has 0 saturated heterocycles. The van der Waals surface area contributed by atoms with E-state index in [2.05, 4.69) is 11.8 Å². The number of carbonyl (C=O) groups is 1. The van der Waals surface area contributed by atoms with E-state index in [1.165, 1.54) is 0 Å². The Labute approximate surface area is 120 Å². The van der Waals surface area contributed by atoms with Crippen molar-refractivity contribution in [3.63, 3.8) is 0 Å². The fourth-order valence-electron chi connectivity index (χ4n) is 1.85. The molecule has 0 aliphatic rings. The maximum absolute atomic E-state index is 12.6. The molecule has 1 aromatic rings. The number of methoxy groups -OCH3 is 1. The van der Waals surface area contributed by atoms with Gasteiger partial charge in [-0.25, -0.2) is 0 Å². The summed E-state index contributed by atoms with van der Waals surface area (Å²) in [5.41, 5.74) is 2.22. The highest BCUT2D eigenvalue weighted by atomic mass is 16.5. The van der Waals surface area contributed by atoms with Gasteiger partial charge in [0.05, 0.1) is 12.2 Å². The fraction of sp³-hybridized carbons (Fsp3) is 0.438. The van der Waals surface area contributed by atoms with Crippen molar-refractivity contribution in [3.05, 3.63) is 34.9 Å². The van der Waals surface area contributed by atoms with E-state index in [0.717, 1.165) is 5.56 Å². The third-order valence-electron chi connectivity index (χ3n) is 2.94. The highest BCUT2D eigenvalue weighted by molar-refractivity contribution is 5.97. The van der Waals surface area contributed by atoms with Crippen molar-refractivity contribution >= 4 is 5.91 Å². The molecule has 0 aliphatic heterocycles. The molecular weight excluding hydrogens is 254 g/mol. The summed E-state index contributed by atoms with van der Waals surface area (Å²) in [6, 6.07) is 5.55. The number of aliphatic hydroxyl groups is 1. The molecule has 20 heavy (non-hydrogen) atoms. The van der Waals surface area contributed by atoms with Gasteiger partial charge in [0.25, 0.3) is 5.91 Å². The first-order chi connectivity index (χ1) is 9.63. The highest BCUT2D eigenvalue weighted by Crippen LogP contribution is 2.14. The van der Waals surface area contributed by atoms with Crippen molar-refractivity contribution < 1.29 is 14.6 Å². The lowest BCUT2D eigenvalue weighted by atomic mass is 10.0. The molecule has 1 N–H and O–H groups in total. The lowest BCUT2D eigenvalue weighted by Gasteiger charge is -2.21. The highest BCUT2D eigenvalue weighted by Gasteiger charge is 2.17. The molecule has 1 amide bonds. The summed E-state index contributed by atoms with van der Waals surface area (Å²) in [5, 5.41) is 8.80. The van der Waals surface area contributed by atoms with Crippen LogP contribution in [0.3, 0.4) is 0 Å². The molecule has 0 aromatic heterocycles. The fourth-order valence-corrected chi connectivity index (χ4v) is 1.85. The van der Waals surface area contributed by atoms with E-state index in [1.807, 2.05) is 32.0 Å². The van der Waals surface area contributed by atoms with Gasteiger partial charge >= 0.3 is 0 Å². The summed E-state index contributed by atoms with van der Waals surface area (Å²) in [6.07, 6.45) is 0. The summed E-state index contributed by atoms with van der Waals surface area (Å²) in [4.78, 5) is 14.3. The lowest BCUT2D eigenvalue weighted by Crippen LogP contribution is -2.34. The maximum Gasteiger partial charge on any atom is 0.255 e. The van der Waals surface area contributed by atoms with E-state index in [-0.39, 0.29) is 12.5 Å². The normalized spacial score (nSPS) is 9.80. The first-order valence-corrected chi connectivity index (χ1v) is 6.62. The quantitative estimate of drug-likeness (QED) is 0.827. The van der Waals surface area contributed by atoms with Crippen LogP contribution >= 0.6 is 0 Å². The molecule has 0 fully saturated rings. The van der Waals surface area contributed by atoms with Gasteiger partial charge in [-0.1, -0.05) is 23.5 Å². The average Bonchev–Trinajstić information content (AvgIpc) is 2.46. The van der Waals surface area contributed by atoms with Crippen LogP contribution < -0.4 is 0 Å². The third kappa shape index (κ3) is 4.37. The first-order valence-electron chi connectivity index (χ1n) is 6.62. The molecule has 0 unspecified atom stereocenters. The monoisotopic (exact) mass is 275 g/mol. The van der Waals surface area contributed by atoms with Gasteiger partial charge in [-0.05, 0) is 26.0 Å². The van der Waals surface area contributed by atoms with Gasteiger partial charge < -0.3 is 14.7 Å². The number of hydrogen-bond donors (Lipinski definition) is 1. The van der Waals surface area contributed by atoms with Crippen LogP contribution in [0.5, 0.6) is 0 Å². The largest absolute Gasteiger partial charge is 0.384 e. The van der Waals surface area contributed by atoms with Gasteiger partial charge in [0.2, 0.25) is 0 Å². The van der Waals surface area contributed by atoms with Crippen LogP contribution in [0, 0.1) is 18.8 Å². The van der Waals surface area contributed by atoms with Gasteiger partial charge in [-0.15, -0.1) is 0 Å². The van der Waals surface area contributed by atoms with E-state index in [9.17, 15) is 4.79 Å².